The fourth-order valence-electron chi connectivity index (χ4n) is 2.28. The molecular formula is C15H16N2O3. The molecule has 0 fully saturated rings. The highest BCUT2D eigenvalue weighted by atomic mass is 16.6. The van der Waals surface area contributed by atoms with Crippen LogP contribution in [0.25, 0.3) is 0 Å². The van der Waals surface area contributed by atoms with Gasteiger partial charge in [0.25, 0.3) is 0 Å². The molecule has 1 aliphatic rings. The lowest BCUT2D eigenvalue weighted by Crippen LogP contribution is -2.32. The number of aryl methyl sites for hydroxylation is 1. The molecular weight excluding hydrogens is 256 g/mol. The van der Waals surface area contributed by atoms with E-state index in [1.54, 1.807) is 12.4 Å². The lowest BCUT2D eigenvalue weighted by atomic mass is 10.1. The van der Waals surface area contributed by atoms with E-state index < -0.39 is 0 Å². The number of hydrogen-bond acceptors (Lipinski definition) is 4. The molecule has 0 bridgehead atoms. The Morgan fingerprint density at radius 1 is 1.40 bits per heavy atom. The van der Waals surface area contributed by atoms with Crippen LogP contribution in [0, 0.1) is 0 Å². The number of fused-ring (bicyclic) bond motifs is 1. The van der Waals surface area contributed by atoms with Crippen LogP contribution in [0.5, 0.6) is 11.5 Å². The van der Waals surface area contributed by atoms with Crippen LogP contribution >= 0.6 is 0 Å². The number of imidazole rings is 1. The molecule has 0 saturated carbocycles. The molecule has 5 nitrogen and oxygen atoms in total. The van der Waals surface area contributed by atoms with Crippen LogP contribution in [0.2, 0.25) is 0 Å². The molecule has 0 radical (unpaired) electrons. The van der Waals surface area contributed by atoms with Gasteiger partial charge in [0.05, 0.1) is 6.42 Å². The summed E-state index contributed by atoms with van der Waals surface area (Å²) in [6.45, 7) is 3.09. The van der Waals surface area contributed by atoms with Gasteiger partial charge in [0, 0.05) is 18.9 Å². The normalized spacial score (nSPS) is 16.9. The molecule has 104 valence electrons. The average molecular weight is 272 g/mol. The Labute approximate surface area is 117 Å². The summed E-state index contributed by atoms with van der Waals surface area (Å²) in [5, 5.41) is 0. The number of benzene rings is 1. The van der Waals surface area contributed by atoms with Crippen molar-refractivity contribution in [1.29, 1.82) is 0 Å². The fourth-order valence-corrected chi connectivity index (χ4v) is 2.28. The van der Waals surface area contributed by atoms with Crippen LogP contribution in [0.15, 0.2) is 36.7 Å². The molecule has 0 unspecified atom stereocenters. The maximum atomic E-state index is 12.2. The SMILES string of the molecule is CCn1ccnc1C(=O)C[C@H]1COc2ccccc2O1. The maximum Gasteiger partial charge on any atom is 0.202 e. The Morgan fingerprint density at radius 2 is 2.20 bits per heavy atom. The Balaban J connectivity index is 1.69. The second kappa shape index (κ2) is 5.36. The van der Waals surface area contributed by atoms with Crippen molar-refractivity contribution in [3.05, 3.63) is 42.5 Å². The van der Waals surface area contributed by atoms with Crippen LogP contribution in [0.1, 0.15) is 24.0 Å². The second-order valence-electron chi connectivity index (χ2n) is 4.66. The third kappa shape index (κ3) is 2.39. The minimum atomic E-state index is -0.264. The maximum absolute atomic E-state index is 12.2. The van der Waals surface area contributed by atoms with Crippen LogP contribution in [0.4, 0.5) is 0 Å². The van der Waals surface area contributed by atoms with E-state index >= 15 is 0 Å². The van der Waals surface area contributed by atoms with Crippen LogP contribution in [-0.2, 0) is 6.54 Å². The molecule has 0 amide bonds. The van der Waals surface area contributed by atoms with Crippen LogP contribution < -0.4 is 9.47 Å². The van der Waals surface area contributed by atoms with E-state index in [0.717, 1.165) is 12.3 Å². The molecule has 0 N–H and O–H groups in total. The minimum absolute atomic E-state index is 0.0233. The van der Waals surface area contributed by atoms with Gasteiger partial charge in [-0.3, -0.25) is 4.79 Å². The van der Waals surface area contributed by atoms with Gasteiger partial charge in [-0.1, -0.05) is 12.1 Å². The summed E-state index contributed by atoms with van der Waals surface area (Å²) in [5.41, 5.74) is 0. The highest BCUT2D eigenvalue weighted by Gasteiger charge is 2.25. The van der Waals surface area contributed by atoms with Crippen molar-refractivity contribution in [2.24, 2.45) is 0 Å². The standard InChI is InChI=1S/C15H16N2O3/c1-2-17-8-7-16-15(17)12(18)9-11-10-19-13-5-3-4-6-14(13)20-11/h3-8,11H,2,9-10H2,1H3/t11-/m0/s1. The predicted molar refractivity (Wildman–Crippen MR) is 73.2 cm³/mol. The summed E-state index contributed by atoms with van der Waals surface area (Å²) >= 11 is 0. The number of ketones is 1. The van der Waals surface area contributed by atoms with Crippen LogP contribution in [-0.4, -0.2) is 28.0 Å². The van der Waals surface area contributed by atoms with Gasteiger partial charge in [0.1, 0.15) is 12.7 Å². The summed E-state index contributed by atoms with van der Waals surface area (Å²) in [6.07, 6.45) is 3.45. The largest absolute Gasteiger partial charge is 0.486 e. The van der Waals surface area contributed by atoms with Gasteiger partial charge in [0.15, 0.2) is 17.3 Å². The summed E-state index contributed by atoms with van der Waals surface area (Å²) in [7, 11) is 0. The van der Waals surface area contributed by atoms with Crippen molar-refractivity contribution in [2.75, 3.05) is 6.61 Å². The van der Waals surface area contributed by atoms with E-state index in [4.69, 9.17) is 9.47 Å². The second-order valence-corrected chi connectivity index (χ2v) is 4.66. The number of ether oxygens (including phenoxy) is 2. The monoisotopic (exact) mass is 272 g/mol. The first-order valence-corrected chi connectivity index (χ1v) is 6.70. The van der Waals surface area contributed by atoms with Gasteiger partial charge < -0.3 is 14.0 Å². The number of carbonyl (C=O) groups excluding carboxylic acids is 1. The lowest BCUT2D eigenvalue weighted by molar-refractivity contribution is 0.0685. The third-order valence-corrected chi connectivity index (χ3v) is 3.29. The molecule has 1 aromatic carbocycles. The number of Topliss-reactive ketones (excluding diaryl/α,β-unsaturated/α-hetero) is 1. The van der Waals surface area contributed by atoms with Crippen molar-refractivity contribution in [3.8, 4) is 11.5 Å². The van der Waals surface area contributed by atoms with E-state index in [1.165, 1.54) is 0 Å². The van der Waals surface area contributed by atoms with E-state index in [0.29, 0.717) is 18.2 Å². The van der Waals surface area contributed by atoms with Gasteiger partial charge >= 0.3 is 0 Å². The Bertz CT molecular complexity index is 621. The van der Waals surface area contributed by atoms with Crippen molar-refractivity contribution < 1.29 is 14.3 Å². The minimum Gasteiger partial charge on any atom is -0.486 e. The number of para-hydroxylation sites is 2. The first-order chi connectivity index (χ1) is 9.78. The molecule has 0 saturated heterocycles. The number of nitrogens with zero attached hydrogens (tertiary/aromatic N) is 2. The summed E-state index contributed by atoms with van der Waals surface area (Å²) in [6, 6.07) is 7.48. The molecule has 0 aliphatic carbocycles. The smallest absolute Gasteiger partial charge is 0.202 e. The van der Waals surface area contributed by atoms with Crippen molar-refractivity contribution in [1.82, 2.24) is 9.55 Å². The fraction of sp³-hybridized carbons (Fsp3) is 0.333. The molecule has 1 aliphatic heterocycles. The van der Waals surface area contributed by atoms with Crippen molar-refractivity contribution in [3.63, 3.8) is 0 Å². The third-order valence-electron chi connectivity index (χ3n) is 3.29. The zero-order valence-corrected chi connectivity index (χ0v) is 11.3. The highest BCUT2D eigenvalue weighted by molar-refractivity contribution is 5.93. The molecule has 1 atom stereocenters. The number of aromatic nitrogens is 2. The Kier molecular flexibility index (Phi) is 3.41. The number of rotatable bonds is 4. The zero-order valence-electron chi connectivity index (χ0n) is 11.3. The first kappa shape index (κ1) is 12.7. The molecule has 0 spiro atoms. The van der Waals surface area contributed by atoms with Gasteiger partial charge in [-0.05, 0) is 19.1 Å². The lowest BCUT2D eigenvalue weighted by Gasteiger charge is -2.25. The predicted octanol–water partition coefficient (Wildman–Crippen LogP) is 2.32. The highest BCUT2D eigenvalue weighted by Crippen LogP contribution is 2.31. The molecule has 5 heteroatoms. The number of carbonyl (C=O) groups is 1. The van der Waals surface area contributed by atoms with Gasteiger partial charge in [-0.15, -0.1) is 0 Å². The van der Waals surface area contributed by atoms with Gasteiger partial charge in [-0.25, -0.2) is 4.98 Å². The summed E-state index contributed by atoms with van der Waals surface area (Å²) < 4.78 is 13.2. The Morgan fingerprint density at radius 3 is 3.00 bits per heavy atom. The van der Waals surface area contributed by atoms with E-state index in [9.17, 15) is 4.79 Å². The summed E-state index contributed by atoms with van der Waals surface area (Å²) in [5.74, 6) is 1.88. The molecule has 1 aromatic heterocycles. The molecule has 3 rings (SSSR count). The average Bonchev–Trinajstić information content (AvgIpc) is 2.95. The van der Waals surface area contributed by atoms with E-state index in [-0.39, 0.29) is 18.3 Å². The number of hydrogen-bond donors (Lipinski definition) is 0. The van der Waals surface area contributed by atoms with Crippen LogP contribution in [0.3, 0.4) is 0 Å². The van der Waals surface area contributed by atoms with E-state index in [2.05, 4.69) is 4.98 Å². The Hall–Kier alpha value is -2.30. The topological polar surface area (TPSA) is 53.4 Å². The summed E-state index contributed by atoms with van der Waals surface area (Å²) in [4.78, 5) is 16.4. The first-order valence-electron chi connectivity index (χ1n) is 6.70. The van der Waals surface area contributed by atoms with Gasteiger partial charge in [-0.2, -0.15) is 0 Å². The quantitative estimate of drug-likeness (QED) is 0.801. The molecule has 2 heterocycles. The zero-order chi connectivity index (χ0) is 13.9. The van der Waals surface area contributed by atoms with Crippen molar-refractivity contribution >= 4 is 5.78 Å². The van der Waals surface area contributed by atoms with Crippen molar-refractivity contribution in [2.45, 2.75) is 26.0 Å². The van der Waals surface area contributed by atoms with Gasteiger partial charge in [0.2, 0.25) is 5.78 Å². The molecule has 2 aromatic rings. The molecule has 20 heavy (non-hydrogen) atoms. The van der Waals surface area contributed by atoms with E-state index in [1.807, 2.05) is 35.8 Å².